The Labute approximate surface area is 209 Å². The third kappa shape index (κ3) is 6.72. The molecule has 35 heavy (non-hydrogen) atoms. The standard InChI is InChI=1S/C26H25FN2O2.2C2H6/c1-16-11-17(2)24(25(27)12-16)14-29-15-28-18(3)23-13-22(9-10-26(23)29)31-21-7-5-20(6-8-21)19(4)30;2*1-2/h5-13,28H,3,14-15H2,1-2,4H3;2*1-2H3. The molecular weight excluding hydrogens is 439 g/mol. The molecule has 0 radical (unpaired) electrons. The predicted octanol–water partition coefficient (Wildman–Crippen LogP) is 8.03. The molecule has 0 amide bonds. The van der Waals surface area contributed by atoms with Gasteiger partial charge < -0.3 is 15.0 Å². The Kier molecular flexibility index (Phi) is 10.1. The van der Waals surface area contributed by atoms with E-state index in [0.29, 0.717) is 35.8 Å². The second kappa shape index (κ2) is 12.7. The van der Waals surface area contributed by atoms with Crippen LogP contribution in [0.25, 0.3) is 5.70 Å². The summed E-state index contributed by atoms with van der Waals surface area (Å²) in [7, 11) is 0. The smallest absolute Gasteiger partial charge is 0.159 e. The lowest BCUT2D eigenvalue weighted by atomic mass is 10.0. The van der Waals surface area contributed by atoms with Crippen LogP contribution >= 0.6 is 0 Å². The first-order valence-corrected chi connectivity index (χ1v) is 12.2. The number of nitrogens with one attached hydrogen (secondary N) is 1. The number of halogens is 1. The van der Waals surface area contributed by atoms with E-state index in [1.165, 1.54) is 6.92 Å². The fourth-order valence-corrected chi connectivity index (χ4v) is 3.84. The van der Waals surface area contributed by atoms with E-state index in [9.17, 15) is 9.18 Å². The lowest BCUT2D eigenvalue weighted by molar-refractivity contribution is 0.101. The number of ether oxygens (including phenoxy) is 1. The summed E-state index contributed by atoms with van der Waals surface area (Å²) in [5, 5.41) is 3.29. The second-order valence-electron chi connectivity index (χ2n) is 7.92. The van der Waals surface area contributed by atoms with Crippen molar-refractivity contribution in [2.45, 2.75) is 55.0 Å². The molecule has 3 aromatic carbocycles. The average molecular weight is 477 g/mol. The van der Waals surface area contributed by atoms with E-state index < -0.39 is 0 Å². The number of fused-ring (bicyclic) bond motifs is 1. The van der Waals surface area contributed by atoms with Gasteiger partial charge in [0.2, 0.25) is 0 Å². The zero-order chi connectivity index (χ0) is 26.1. The van der Waals surface area contributed by atoms with Crippen molar-refractivity contribution >= 4 is 17.2 Å². The van der Waals surface area contributed by atoms with E-state index in [0.717, 1.165) is 28.1 Å². The molecule has 5 heteroatoms. The minimum absolute atomic E-state index is 0.0167. The molecule has 1 aliphatic heterocycles. The number of hydrogen-bond donors (Lipinski definition) is 1. The largest absolute Gasteiger partial charge is 0.457 e. The third-order valence-electron chi connectivity index (χ3n) is 5.53. The molecular formula is C30H37FN2O2. The number of benzene rings is 3. The molecule has 1 aliphatic rings. The highest BCUT2D eigenvalue weighted by Gasteiger charge is 2.22. The molecule has 0 bridgehead atoms. The summed E-state index contributed by atoms with van der Waals surface area (Å²) >= 11 is 0. The van der Waals surface area contributed by atoms with Crippen molar-refractivity contribution < 1.29 is 13.9 Å². The average Bonchev–Trinajstić information content (AvgIpc) is 2.85. The van der Waals surface area contributed by atoms with Crippen molar-refractivity contribution in [1.82, 2.24) is 5.32 Å². The summed E-state index contributed by atoms with van der Waals surface area (Å²) in [5.74, 6) is 1.14. The molecule has 0 aromatic heterocycles. The number of carbonyl (C=O) groups is 1. The first-order chi connectivity index (χ1) is 16.8. The normalized spacial score (nSPS) is 11.8. The van der Waals surface area contributed by atoms with Gasteiger partial charge in [-0.15, -0.1) is 0 Å². The van der Waals surface area contributed by atoms with E-state index in [-0.39, 0.29) is 11.6 Å². The highest BCUT2D eigenvalue weighted by molar-refractivity contribution is 5.94. The van der Waals surface area contributed by atoms with Gasteiger partial charge in [0.05, 0.1) is 6.67 Å². The van der Waals surface area contributed by atoms with Gasteiger partial charge >= 0.3 is 0 Å². The van der Waals surface area contributed by atoms with Gasteiger partial charge in [-0.25, -0.2) is 4.39 Å². The minimum atomic E-state index is -0.183. The summed E-state index contributed by atoms with van der Waals surface area (Å²) in [6, 6.07) is 16.4. The Bertz CT molecular complexity index is 1150. The Hall–Kier alpha value is -3.60. The zero-order valence-corrected chi connectivity index (χ0v) is 22.0. The molecule has 0 fully saturated rings. The van der Waals surface area contributed by atoms with Crippen molar-refractivity contribution in [3.63, 3.8) is 0 Å². The molecule has 0 spiro atoms. The van der Waals surface area contributed by atoms with E-state index in [1.807, 2.05) is 65.8 Å². The van der Waals surface area contributed by atoms with Gasteiger partial charge in [0.25, 0.3) is 0 Å². The van der Waals surface area contributed by atoms with E-state index in [4.69, 9.17) is 4.74 Å². The SMILES string of the molecule is C=C1NCN(Cc2c(C)cc(C)cc2F)c2ccc(Oc3ccc(C(C)=O)cc3)cc21.CC.CC. The molecule has 0 saturated heterocycles. The Morgan fingerprint density at radius 1 is 1.00 bits per heavy atom. The number of anilines is 1. The molecule has 186 valence electrons. The van der Waals surface area contributed by atoms with Crippen LogP contribution < -0.4 is 15.0 Å². The van der Waals surface area contributed by atoms with Gasteiger partial charge in [0.1, 0.15) is 17.3 Å². The quantitative estimate of drug-likeness (QED) is 0.379. The van der Waals surface area contributed by atoms with Crippen LogP contribution in [0, 0.1) is 19.7 Å². The van der Waals surface area contributed by atoms with Gasteiger partial charge in [-0.1, -0.05) is 40.3 Å². The number of rotatable bonds is 5. The van der Waals surface area contributed by atoms with Crippen LogP contribution in [0.4, 0.5) is 10.1 Å². The number of hydrogen-bond acceptors (Lipinski definition) is 4. The van der Waals surface area contributed by atoms with Crippen molar-refractivity contribution in [1.29, 1.82) is 0 Å². The number of ketones is 1. The summed E-state index contributed by atoms with van der Waals surface area (Å²) < 4.78 is 20.6. The van der Waals surface area contributed by atoms with E-state index >= 15 is 0 Å². The topological polar surface area (TPSA) is 41.6 Å². The van der Waals surface area contributed by atoms with Crippen molar-refractivity contribution in [3.05, 3.63) is 94.8 Å². The lowest BCUT2D eigenvalue weighted by Gasteiger charge is -2.34. The van der Waals surface area contributed by atoms with Crippen LogP contribution in [0.15, 0.2) is 61.2 Å². The van der Waals surface area contributed by atoms with Crippen molar-refractivity contribution in [2.75, 3.05) is 11.6 Å². The lowest BCUT2D eigenvalue weighted by Crippen LogP contribution is -2.38. The van der Waals surface area contributed by atoms with Crippen LogP contribution in [0.3, 0.4) is 0 Å². The maximum atomic E-state index is 14.6. The number of carbonyl (C=O) groups excluding carboxylic acids is 1. The molecule has 0 unspecified atom stereocenters. The minimum Gasteiger partial charge on any atom is -0.457 e. The maximum Gasteiger partial charge on any atom is 0.159 e. The Balaban J connectivity index is 0.00000103. The van der Waals surface area contributed by atoms with Crippen molar-refractivity contribution in [2.24, 2.45) is 0 Å². The van der Waals surface area contributed by atoms with Crippen LogP contribution in [0.5, 0.6) is 11.5 Å². The second-order valence-corrected chi connectivity index (χ2v) is 7.92. The number of Topliss-reactive ketones (excluding diaryl/α,β-unsaturated/α-hetero) is 1. The Morgan fingerprint density at radius 2 is 1.63 bits per heavy atom. The Morgan fingerprint density at radius 3 is 2.23 bits per heavy atom. The maximum absolute atomic E-state index is 14.6. The summed E-state index contributed by atoms with van der Waals surface area (Å²) in [5.41, 5.74) is 5.88. The first kappa shape index (κ1) is 27.6. The highest BCUT2D eigenvalue weighted by Crippen LogP contribution is 2.35. The molecule has 0 atom stereocenters. The van der Waals surface area contributed by atoms with E-state index in [1.54, 1.807) is 30.3 Å². The predicted molar refractivity (Wildman–Crippen MR) is 145 cm³/mol. The molecule has 0 aliphatic carbocycles. The van der Waals surface area contributed by atoms with Crippen LogP contribution in [0.1, 0.15) is 67.2 Å². The molecule has 3 aromatic rings. The fraction of sp³-hybridized carbons (Fsp3) is 0.300. The summed E-state index contributed by atoms with van der Waals surface area (Å²) in [6.45, 7) is 18.5. The molecule has 0 saturated carbocycles. The summed E-state index contributed by atoms with van der Waals surface area (Å²) in [6.07, 6.45) is 0. The fourth-order valence-electron chi connectivity index (χ4n) is 3.84. The van der Waals surface area contributed by atoms with Gasteiger partial charge in [0.15, 0.2) is 5.78 Å². The molecule has 4 rings (SSSR count). The van der Waals surface area contributed by atoms with Gasteiger partial charge in [-0.3, -0.25) is 4.79 Å². The number of nitrogens with zero attached hydrogens (tertiary/aromatic N) is 1. The molecule has 1 N–H and O–H groups in total. The number of aryl methyl sites for hydroxylation is 2. The van der Waals surface area contributed by atoms with Gasteiger partial charge in [0, 0.05) is 34.6 Å². The summed E-state index contributed by atoms with van der Waals surface area (Å²) in [4.78, 5) is 13.5. The van der Waals surface area contributed by atoms with Gasteiger partial charge in [-0.05, 0) is 80.4 Å². The highest BCUT2D eigenvalue weighted by atomic mass is 19.1. The monoisotopic (exact) mass is 476 g/mol. The van der Waals surface area contributed by atoms with Crippen LogP contribution in [-0.4, -0.2) is 12.5 Å². The first-order valence-electron chi connectivity index (χ1n) is 12.2. The molecule has 1 heterocycles. The third-order valence-corrected chi connectivity index (χ3v) is 5.53. The van der Waals surface area contributed by atoms with Crippen LogP contribution in [-0.2, 0) is 6.54 Å². The molecule has 4 nitrogen and oxygen atoms in total. The van der Waals surface area contributed by atoms with Crippen molar-refractivity contribution in [3.8, 4) is 11.5 Å². The van der Waals surface area contributed by atoms with Gasteiger partial charge in [-0.2, -0.15) is 0 Å². The van der Waals surface area contributed by atoms with E-state index in [2.05, 4.69) is 16.8 Å². The van der Waals surface area contributed by atoms with Crippen LogP contribution in [0.2, 0.25) is 0 Å². The zero-order valence-electron chi connectivity index (χ0n) is 22.0.